The average molecular weight is 323 g/mol. The molecule has 8 heteroatoms. The van der Waals surface area contributed by atoms with Crippen molar-refractivity contribution in [3.8, 4) is 16.9 Å². The monoisotopic (exact) mass is 323 g/mol. The van der Waals surface area contributed by atoms with Crippen molar-refractivity contribution < 1.29 is 18.7 Å². The lowest BCUT2D eigenvalue weighted by Crippen LogP contribution is -2.31. The van der Waals surface area contributed by atoms with Gasteiger partial charge < -0.3 is 14.3 Å². The van der Waals surface area contributed by atoms with E-state index in [4.69, 9.17) is 30.0 Å². The standard InChI is InChI=1S/C16H12B2FNO4/c17-16(18,19)24-12-4-1-10(2-5-12)11-3-6-14-13(9-11)20(7-8-21)15(22)23-14/h1-6,9,21H,7-8H2. The predicted molar refractivity (Wildman–Crippen MR) is 89.0 cm³/mol. The van der Waals surface area contributed by atoms with Crippen LogP contribution in [0.4, 0.5) is 4.39 Å². The second kappa shape index (κ2) is 6.20. The molecule has 0 fully saturated rings. The van der Waals surface area contributed by atoms with Crippen molar-refractivity contribution in [2.45, 2.75) is 12.2 Å². The number of rotatable bonds is 5. The molecule has 3 aromatic rings. The zero-order chi connectivity index (χ0) is 17.3. The maximum atomic E-state index is 13.1. The molecule has 0 saturated heterocycles. The molecule has 1 N–H and O–H groups in total. The summed E-state index contributed by atoms with van der Waals surface area (Å²) in [6.07, 6.45) is 0. The summed E-state index contributed by atoms with van der Waals surface area (Å²) in [5, 5.41) is 9.07. The summed E-state index contributed by atoms with van der Waals surface area (Å²) in [5.74, 6) is -0.335. The molecule has 0 atom stereocenters. The minimum atomic E-state index is -2.74. The number of hydrogen-bond donors (Lipinski definition) is 1. The predicted octanol–water partition coefficient (Wildman–Crippen LogP) is 1.55. The first kappa shape index (κ1) is 16.4. The van der Waals surface area contributed by atoms with Gasteiger partial charge in [0.1, 0.15) is 5.75 Å². The van der Waals surface area contributed by atoms with Gasteiger partial charge in [-0.3, -0.25) is 4.57 Å². The minimum absolute atomic E-state index is 0.146. The van der Waals surface area contributed by atoms with Gasteiger partial charge in [0, 0.05) is 0 Å². The lowest BCUT2D eigenvalue weighted by atomic mass is 9.78. The summed E-state index contributed by atoms with van der Waals surface area (Å²) in [7, 11) is 9.90. The van der Waals surface area contributed by atoms with Gasteiger partial charge in [-0.1, -0.05) is 18.2 Å². The van der Waals surface area contributed by atoms with Crippen molar-refractivity contribution in [3.63, 3.8) is 0 Å². The number of ether oxygens (including phenoxy) is 1. The number of benzene rings is 2. The van der Waals surface area contributed by atoms with Crippen LogP contribution < -0.4 is 10.5 Å². The first-order valence-electron chi connectivity index (χ1n) is 7.18. The molecule has 3 rings (SSSR count). The Morgan fingerprint density at radius 2 is 1.83 bits per heavy atom. The van der Waals surface area contributed by atoms with Gasteiger partial charge in [-0.05, 0) is 35.4 Å². The van der Waals surface area contributed by atoms with Crippen molar-refractivity contribution in [1.82, 2.24) is 4.57 Å². The molecule has 0 spiro atoms. The van der Waals surface area contributed by atoms with Crippen molar-refractivity contribution in [1.29, 1.82) is 0 Å². The smallest absolute Gasteiger partial charge is 0.420 e. The highest BCUT2D eigenvalue weighted by Gasteiger charge is 2.16. The normalized spacial score (nSPS) is 11.8. The third-order valence-corrected chi connectivity index (χ3v) is 3.45. The van der Waals surface area contributed by atoms with E-state index in [-0.39, 0.29) is 18.9 Å². The number of nitrogens with zero attached hydrogens (tertiary/aromatic N) is 1. The molecular formula is C16H12B2FNO4. The number of fused-ring (bicyclic) bond motifs is 1. The summed E-state index contributed by atoms with van der Waals surface area (Å²) in [5.41, 5.74) is -0.0953. The summed E-state index contributed by atoms with van der Waals surface area (Å²) in [4.78, 5) is 11.8. The molecule has 0 aliphatic rings. The van der Waals surface area contributed by atoms with Crippen LogP contribution in [0.2, 0.25) is 0 Å². The largest absolute Gasteiger partial charge is 0.476 e. The number of hydrogen-bond acceptors (Lipinski definition) is 4. The van der Waals surface area contributed by atoms with E-state index in [1.807, 2.05) is 0 Å². The van der Waals surface area contributed by atoms with Gasteiger partial charge >= 0.3 is 5.76 Å². The molecule has 1 heterocycles. The number of alkyl halides is 1. The molecule has 0 amide bonds. The maximum absolute atomic E-state index is 13.1. The van der Waals surface area contributed by atoms with E-state index < -0.39 is 11.4 Å². The Morgan fingerprint density at radius 3 is 2.46 bits per heavy atom. The Labute approximate surface area is 139 Å². The first-order valence-corrected chi connectivity index (χ1v) is 7.18. The van der Waals surface area contributed by atoms with Crippen LogP contribution >= 0.6 is 0 Å². The minimum Gasteiger partial charge on any atom is -0.476 e. The lowest BCUT2D eigenvalue weighted by molar-refractivity contribution is 0.102. The van der Waals surface area contributed by atoms with Crippen LogP contribution in [0.25, 0.3) is 22.2 Å². The van der Waals surface area contributed by atoms with Gasteiger partial charge in [0.05, 0.1) is 18.7 Å². The third kappa shape index (κ3) is 3.38. The van der Waals surface area contributed by atoms with Crippen LogP contribution in [-0.4, -0.2) is 37.6 Å². The summed E-state index contributed by atoms with van der Waals surface area (Å²) in [6.45, 7) is -0.0262. The van der Waals surface area contributed by atoms with Crippen LogP contribution in [0.5, 0.6) is 5.75 Å². The van der Waals surface area contributed by atoms with E-state index in [1.54, 1.807) is 30.3 Å². The molecule has 0 bridgehead atoms. The summed E-state index contributed by atoms with van der Waals surface area (Å²) >= 11 is 0. The van der Waals surface area contributed by atoms with Crippen LogP contribution in [0.1, 0.15) is 0 Å². The SMILES string of the molecule is [B]C([B])(F)Oc1ccc(-c2ccc3oc(=O)n(CCO)c3c2)cc1. The van der Waals surface area contributed by atoms with Crippen molar-refractivity contribution in [3.05, 3.63) is 53.0 Å². The Kier molecular flexibility index (Phi) is 4.24. The number of aliphatic hydroxyl groups is 1. The van der Waals surface area contributed by atoms with Crippen LogP contribution in [0.15, 0.2) is 51.7 Å². The Morgan fingerprint density at radius 1 is 1.17 bits per heavy atom. The number of oxazole rings is 1. The fourth-order valence-electron chi connectivity index (χ4n) is 2.45. The molecule has 4 radical (unpaired) electrons. The Balaban J connectivity index is 1.97. The molecule has 0 saturated carbocycles. The second-order valence-electron chi connectivity index (χ2n) is 5.25. The van der Waals surface area contributed by atoms with Gasteiger partial charge in [-0.2, -0.15) is 0 Å². The van der Waals surface area contributed by atoms with E-state index >= 15 is 0 Å². The molecule has 1 aromatic heterocycles. The van der Waals surface area contributed by atoms with Crippen LogP contribution in [0, 0.1) is 0 Å². The van der Waals surface area contributed by atoms with Gasteiger partial charge in [0.2, 0.25) is 0 Å². The topological polar surface area (TPSA) is 64.6 Å². The van der Waals surface area contributed by atoms with Crippen LogP contribution in [-0.2, 0) is 6.54 Å². The van der Waals surface area contributed by atoms with E-state index in [0.29, 0.717) is 11.1 Å². The van der Waals surface area contributed by atoms with E-state index in [9.17, 15) is 9.18 Å². The molecule has 0 aliphatic heterocycles. The van der Waals surface area contributed by atoms with Gasteiger partial charge in [0.25, 0.3) is 0 Å². The van der Waals surface area contributed by atoms with Crippen molar-refractivity contribution in [2.75, 3.05) is 6.61 Å². The van der Waals surface area contributed by atoms with E-state index in [1.165, 1.54) is 16.7 Å². The van der Waals surface area contributed by atoms with Crippen molar-refractivity contribution >= 4 is 26.8 Å². The van der Waals surface area contributed by atoms with Gasteiger partial charge in [-0.15, -0.1) is 0 Å². The van der Waals surface area contributed by atoms with Crippen molar-refractivity contribution in [2.24, 2.45) is 0 Å². The first-order chi connectivity index (χ1) is 11.4. The highest BCUT2D eigenvalue weighted by Crippen LogP contribution is 2.26. The molecule has 118 valence electrons. The maximum Gasteiger partial charge on any atom is 0.420 e. The molecule has 2 aromatic carbocycles. The highest BCUT2D eigenvalue weighted by molar-refractivity contribution is 6.37. The molecule has 24 heavy (non-hydrogen) atoms. The van der Waals surface area contributed by atoms with Crippen LogP contribution in [0.3, 0.4) is 0 Å². The highest BCUT2D eigenvalue weighted by atomic mass is 19.2. The number of halogens is 1. The zero-order valence-corrected chi connectivity index (χ0v) is 12.6. The Hall–Kier alpha value is -2.47. The quantitative estimate of drug-likeness (QED) is 0.724. The lowest BCUT2D eigenvalue weighted by Gasteiger charge is -2.18. The molecule has 5 nitrogen and oxygen atoms in total. The fourth-order valence-corrected chi connectivity index (χ4v) is 2.45. The number of aromatic nitrogens is 1. The molecular weight excluding hydrogens is 311 g/mol. The summed E-state index contributed by atoms with van der Waals surface area (Å²) < 4.78 is 24.3. The zero-order valence-electron chi connectivity index (χ0n) is 12.6. The fraction of sp³-hybridized carbons (Fsp3) is 0.188. The van der Waals surface area contributed by atoms with Gasteiger partial charge in [0.15, 0.2) is 26.9 Å². The van der Waals surface area contributed by atoms with E-state index in [2.05, 4.69) is 0 Å². The third-order valence-electron chi connectivity index (χ3n) is 3.45. The van der Waals surface area contributed by atoms with Gasteiger partial charge in [-0.25, -0.2) is 9.18 Å². The second-order valence-corrected chi connectivity index (χ2v) is 5.25. The Bertz CT molecular complexity index is 912. The average Bonchev–Trinajstić information content (AvgIpc) is 2.82. The summed E-state index contributed by atoms with van der Waals surface area (Å²) in [6, 6.07) is 11.7. The van der Waals surface area contributed by atoms with E-state index in [0.717, 1.165) is 11.1 Å². The number of aliphatic hydroxyl groups excluding tert-OH is 1. The molecule has 0 unspecified atom stereocenters. The molecule has 0 aliphatic carbocycles.